The van der Waals surface area contributed by atoms with Gasteiger partial charge in [-0.1, -0.05) is 19.1 Å². The van der Waals surface area contributed by atoms with Crippen LogP contribution in [0.5, 0.6) is 0 Å². The fourth-order valence-corrected chi connectivity index (χ4v) is 1.84. The first kappa shape index (κ1) is 11.8. The van der Waals surface area contributed by atoms with Crippen LogP contribution >= 0.6 is 12.2 Å². The van der Waals surface area contributed by atoms with Crippen LogP contribution in [0.15, 0.2) is 36.7 Å². The Labute approximate surface area is 106 Å². The van der Waals surface area contributed by atoms with Gasteiger partial charge in [0, 0.05) is 30.0 Å². The second-order valence-corrected chi connectivity index (χ2v) is 4.19. The fourth-order valence-electron chi connectivity index (χ4n) is 1.63. The van der Waals surface area contributed by atoms with E-state index in [2.05, 4.69) is 28.6 Å². The van der Waals surface area contributed by atoms with Gasteiger partial charge in [-0.3, -0.25) is 4.98 Å². The maximum absolute atomic E-state index is 5.22. The highest BCUT2D eigenvalue weighted by atomic mass is 32.1. The molecule has 0 aliphatic carbocycles. The van der Waals surface area contributed by atoms with E-state index >= 15 is 0 Å². The van der Waals surface area contributed by atoms with E-state index in [0.717, 1.165) is 29.4 Å². The van der Waals surface area contributed by atoms with Crippen LogP contribution in [0.3, 0.4) is 0 Å². The number of aromatic nitrogens is 1. The van der Waals surface area contributed by atoms with Crippen molar-refractivity contribution in [1.29, 1.82) is 0 Å². The van der Waals surface area contributed by atoms with Gasteiger partial charge in [0.1, 0.15) is 0 Å². The molecule has 1 heterocycles. The van der Waals surface area contributed by atoms with Crippen molar-refractivity contribution in [2.24, 2.45) is 0 Å². The molecule has 0 aliphatic rings. The van der Waals surface area contributed by atoms with Gasteiger partial charge in [-0.15, -0.1) is 0 Å². The van der Waals surface area contributed by atoms with Crippen LogP contribution < -0.4 is 10.6 Å². The van der Waals surface area contributed by atoms with Crippen molar-refractivity contribution < 1.29 is 0 Å². The molecule has 2 aromatic rings. The minimum Gasteiger partial charge on any atom is -0.362 e. The van der Waals surface area contributed by atoms with Crippen molar-refractivity contribution in [2.45, 2.75) is 13.3 Å². The smallest absolute Gasteiger partial charge is 0.170 e. The summed E-state index contributed by atoms with van der Waals surface area (Å²) in [5.41, 5.74) is 0.990. The number of rotatable bonds is 3. The first-order valence-corrected chi connectivity index (χ1v) is 6.09. The third-order valence-electron chi connectivity index (χ3n) is 2.47. The molecule has 0 bridgehead atoms. The lowest BCUT2D eigenvalue weighted by atomic mass is 10.1. The summed E-state index contributed by atoms with van der Waals surface area (Å²) >= 11 is 5.22. The van der Waals surface area contributed by atoms with E-state index in [1.54, 1.807) is 6.20 Å². The molecule has 88 valence electrons. The number of thiocarbonyl (C=S) groups is 1. The van der Waals surface area contributed by atoms with Gasteiger partial charge in [-0.05, 0) is 36.2 Å². The topological polar surface area (TPSA) is 37.0 Å². The average molecular weight is 245 g/mol. The third-order valence-corrected chi connectivity index (χ3v) is 2.71. The zero-order valence-corrected chi connectivity index (χ0v) is 10.6. The SMILES string of the molecule is CCCNC(=S)Nc1cccc2ccncc12. The summed E-state index contributed by atoms with van der Waals surface area (Å²) in [4.78, 5) is 4.14. The van der Waals surface area contributed by atoms with Crippen molar-refractivity contribution >= 4 is 33.8 Å². The molecule has 3 nitrogen and oxygen atoms in total. The van der Waals surface area contributed by atoms with Crippen molar-refractivity contribution in [3.63, 3.8) is 0 Å². The number of pyridine rings is 1. The molecule has 0 unspecified atom stereocenters. The summed E-state index contributed by atoms with van der Waals surface area (Å²) < 4.78 is 0. The lowest BCUT2D eigenvalue weighted by molar-refractivity contribution is 0.847. The van der Waals surface area contributed by atoms with E-state index in [-0.39, 0.29) is 0 Å². The summed E-state index contributed by atoms with van der Waals surface area (Å²) in [5, 5.41) is 9.24. The molecule has 0 saturated heterocycles. The Bertz CT molecular complexity index is 520. The summed E-state index contributed by atoms with van der Waals surface area (Å²) in [5.74, 6) is 0. The van der Waals surface area contributed by atoms with E-state index in [1.165, 1.54) is 0 Å². The Morgan fingerprint density at radius 1 is 1.35 bits per heavy atom. The van der Waals surface area contributed by atoms with Crippen LogP contribution in [0.25, 0.3) is 10.8 Å². The molecule has 0 radical (unpaired) electrons. The molecule has 2 N–H and O–H groups in total. The molecule has 0 amide bonds. The molecule has 0 atom stereocenters. The standard InChI is InChI=1S/C13H15N3S/c1-2-7-15-13(17)16-12-5-3-4-10-6-8-14-9-11(10)12/h3-6,8-9H,2,7H2,1H3,(H2,15,16,17). The number of nitrogens with zero attached hydrogens (tertiary/aromatic N) is 1. The average Bonchev–Trinajstić information content (AvgIpc) is 2.37. The van der Waals surface area contributed by atoms with Crippen LogP contribution in [0.2, 0.25) is 0 Å². The van der Waals surface area contributed by atoms with E-state index in [4.69, 9.17) is 12.2 Å². The van der Waals surface area contributed by atoms with Crippen molar-refractivity contribution in [3.05, 3.63) is 36.7 Å². The van der Waals surface area contributed by atoms with Crippen molar-refractivity contribution in [1.82, 2.24) is 10.3 Å². The summed E-state index contributed by atoms with van der Waals surface area (Å²) in [6.07, 6.45) is 4.69. The van der Waals surface area contributed by atoms with E-state index < -0.39 is 0 Å². The van der Waals surface area contributed by atoms with Gasteiger partial charge in [0.2, 0.25) is 0 Å². The Hall–Kier alpha value is -1.68. The van der Waals surface area contributed by atoms with Gasteiger partial charge in [-0.25, -0.2) is 0 Å². The highest BCUT2D eigenvalue weighted by molar-refractivity contribution is 7.80. The zero-order chi connectivity index (χ0) is 12.1. The lowest BCUT2D eigenvalue weighted by Crippen LogP contribution is -2.28. The number of hydrogen-bond acceptors (Lipinski definition) is 2. The van der Waals surface area contributed by atoms with Gasteiger partial charge < -0.3 is 10.6 Å². The molecule has 4 heteroatoms. The molecule has 0 saturated carbocycles. The molecular formula is C13H15N3S. The van der Waals surface area contributed by atoms with E-state index in [1.807, 2.05) is 24.4 Å². The minimum absolute atomic E-state index is 0.656. The fraction of sp³-hybridized carbons (Fsp3) is 0.231. The highest BCUT2D eigenvalue weighted by Gasteiger charge is 2.01. The first-order valence-electron chi connectivity index (χ1n) is 5.69. The first-order chi connectivity index (χ1) is 8.31. The summed E-state index contributed by atoms with van der Waals surface area (Å²) in [6, 6.07) is 8.06. The predicted octanol–water partition coefficient (Wildman–Crippen LogP) is 2.93. The van der Waals surface area contributed by atoms with E-state index in [0.29, 0.717) is 5.11 Å². The lowest BCUT2D eigenvalue weighted by Gasteiger charge is -2.11. The molecule has 0 aliphatic heterocycles. The molecule has 1 aromatic heterocycles. The molecule has 1 aromatic carbocycles. The van der Waals surface area contributed by atoms with Gasteiger partial charge in [-0.2, -0.15) is 0 Å². The largest absolute Gasteiger partial charge is 0.362 e. The van der Waals surface area contributed by atoms with Gasteiger partial charge in [0.15, 0.2) is 5.11 Å². The van der Waals surface area contributed by atoms with Crippen molar-refractivity contribution in [2.75, 3.05) is 11.9 Å². The number of benzene rings is 1. The summed E-state index contributed by atoms with van der Waals surface area (Å²) in [7, 11) is 0. The number of nitrogens with one attached hydrogen (secondary N) is 2. The third kappa shape index (κ3) is 2.91. The van der Waals surface area contributed by atoms with E-state index in [9.17, 15) is 0 Å². The second-order valence-electron chi connectivity index (χ2n) is 3.78. The van der Waals surface area contributed by atoms with Gasteiger partial charge in [0.25, 0.3) is 0 Å². The van der Waals surface area contributed by atoms with Gasteiger partial charge >= 0.3 is 0 Å². The van der Waals surface area contributed by atoms with Crippen LogP contribution in [0.4, 0.5) is 5.69 Å². The maximum atomic E-state index is 5.22. The normalized spacial score (nSPS) is 10.2. The minimum atomic E-state index is 0.656. The molecule has 0 fully saturated rings. The van der Waals surface area contributed by atoms with Gasteiger partial charge in [0.05, 0.1) is 0 Å². The second kappa shape index (κ2) is 5.59. The Balaban J connectivity index is 2.21. The van der Waals surface area contributed by atoms with Crippen LogP contribution in [0.1, 0.15) is 13.3 Å². The zero-order valence-electron chi connectivity index (χ0n) is 9.73. The Morgan fingerprint density at radius 3 is 3.06 bits per heavy atom. The Morgan fingerprint density at radius 2 is 2.24 bits per heavy atom. The van der Waals surface area contributed by atoms with Crippen LogP contribution in [-0.4, -0.2) is 16.6 Å². The number of anilines is 1. The molecular weight excluding hydrogens is 230 g/mol. The molecule has 17 heavy (non-hydrogen) atoms. The predicted molar refractivity (Wildman–Crippen MR) is 76.3 cm³/mol. The van der Waals surface area contributed by atoms with Crippen LogP contribution in [-0.2, 0) is 0 Å². The monoisotopic (exact) mass is 245 g/mol. The highest BCUT2D eigenvalue weighted by Crippen LogP contribution is 2.21. The molecule has 0 spiro atoms. The Kier molecular flexibility index (Phi) is 3.88. The summed E-state index contributed by atoms with van der Waals surface area (Å²) in [6.45, 7) is 2.99. The number of fused-ring (bicyclic) bond motifs is 1. The van der Waals surface area contributed by atoms with Crippen LogP contribution in [0, 0.1) is 0 Å². The van der Waals surface area contributed by atoms with Crippen molar-refractivity contribution in [3.8, 4) is 0 Å². The quantitative estimate of drug-likeness (QED) is 0.815. The number of hydrogen-bond donors (Lipinski definition) is 2. The maximum Gasteiger partial charge on any atom is 0.170 e. The molecule has 2 rings (SSSR count).